The lowest BCUT2D eigenvalue weighted by Gasteiger charge is -2.24. The summed E-state index contributed by atoms with van der Waals surface area (Å²) >= 11 is 0. The van der Waals surface area contributed by atoms with E-state index in [0.717, 1.165) is 32.1 Å². The first-order valence-corrected chi connectivity index (χ1v) is 25.3. The Balaban J connectivity index is 3.86. The van der Waals surface area contributed by atoms with E-state index >= 15 is 0 Å². The summed E-state index contributed by atoms with van der Waals surface area (Å²) in [5.74, 6) is -0.315. The Kier molecular flexibility index (Phi) is 39.9. The van der Waals surface area contributed by atoms with Crippen molar-refractivity contribution in [1.29, 1.82) is 0 Å². The van der Waals surface area contributed by atoms with Gasteiger partial charge in [-0.25, -0.2) is 4.57 Å². The minimum Gasteiger partial charge on any atom is -0.457 e. The van der Waals surface area contributed by atoms with Crippen LogP contribution < -0.4 is 0 Å². The number of phosphoric acid groups is 1. The Morgan fingerprint density at radius 1 is 0.491 bits per heavy atom. The molecule has 0 rings (SSSR count). The van der Waals surface area contributed by atoms with Gasteiger partial charge in [0.15, 0.2) is 0 Å². The Morgan fingerprint density at radius 2 is 0.836 bits per heavy atom. The molecule has 0 aromatic carbocycles. The van der Waals surface area contributed by atoms with Crippen LogP contribution in [0.2, 0.25) is 0 Å². The molecule has 0 aliphatic heterocycles. The summed E-state index contributed by atoms with van der Waals surface area (Å²) in [6, 6.07) is 0. The number of hydrogen-bond donors (Lipinski definition) is 1. The molecule has 0 saturated heterocycles. The van der Waals surface area contributed by atoms with E-state index in [0.29, 0.717) is 24.1 Å². The van der Waals surface area contributed by atoms with Crippen LogP contribution in [0.5, 0.6) is 0 Å². The van der Waals surface area contributed by atoms with Gasteiger partial charge in [-0.3, -0.25) is 13.8 Å². The van der Waals surface area contributed by atoms with Crippen molar-refractivity contribution in [2.24, 2.45) is 0 Å². The Morgan fingerprint density at radius 3 is 1.20 bits per heavy atom. The van der Waals surface area contributed by atoms with Gasteiger partial charge in [0, 0.05) is 13.0 Å². The highest BCUT2D eigenvalue weighted by molar-refractivity contribution is 7.47. The number of phosphoric ester groups is 1. The molecule has 0 bridgehead atoms. The highest BCUT2D eigenvalue weighted by atomic mass is 31.2. The second-order valence-corrected chi connectivity index (χ2v) is 19.0. The van der Waals surface area contributed by atoms with Gasteiger partial charge in [0.25, 0.3) is 0 Å². The zero-order valence-electron chi connectivity index (χ0n) is 37.4. The molecule has 0 heterocycles. The van der Waals surface area contributed by atoms with Crippen molar-refractivity contribution in [3.8, 4) is 0 Å². The maximum atomic E-state index is 12.6. The molecule has 330 valence electrons. The first-order valence-electron chi connectivity index (χ1n) is 23.8. The summed E-state index contributed by atoms with van der Waals surface area (Å²) in [6.45, 7) is 5.63. The lowest BCUT2D eigenvalue weighted by atomic mass is 10.0. The Bertz CT molecular complexity index is 853. The molecular formula is C46H95NO7P+. The van der Waals surface area contributed by atoms with Gasteiger partial charge in [0.2, 0.25) is 0 Å². The van der Waals surface area contributed by atoms with Gasteiger partial charge in [0.1, 0.15) is 19.3 Å². The third-order valence-corrected chi connectivity index (χ3v) is 11.7. The van der Waals surface area contributed by atoms with E-state index in [-0.39, 0.29) is 25.8 Å². The second kappa shape index (κ2) is 40.3. The molecule has 0 aromatic heterocycles. The summed E-state index contributed by atoms with van der Waals surface area (Å²) in [7, 11) is 1.68. The normalized spacial score (nSPS) is 13.6. The fourth-order valence-electron chi connectivity index (χ4n) is 6.97. The van der Waals surface area contributed by atoms with Crippen LogP contribution in [-0.2, 0) is 27.9 Å². The van der Waals surface area contributed by atoms with E-state index in [4.69, 9.17) is 18.5 Å². The lowest BCUT2D eigenvalue weighted by molar-refractivity contribution is -0.870. The molecule has 2 unspecified atom stereocenters. The molecule has 9 heteroatoms. The Labute approximate surface area is 342 Å². The summed E-state index contributed by atoms with van der Waals surface area (Å²) in [5.41, 5.74) is 0. The number of carbonyl (C=O) groups is 1. The van der Waals surface area contributed by atoms with Gasteiger partial charge in [0.05, 0.1) is 34.4 Å². The van der Waals surface area contributed by atoms with Crippen molar-refractivity contribution in [2.45, 2.75) is 238 Å². The highest BCUT2D eigenvalue weighted by Crippen LogP contribution is 2.43. The molecule has 2 atom stereocenters. The lowest BCUT2D eigenvalue weighted by Crippen LogP contribution is -2.37. The first-order chi connectivity index (χ1) is 26.6. The van der Waals surface area contributed by atoms with Gasteiger partial charge < -0.3 is 18.9 Å². The molecule has 0 aromatic rings. The third-order valence-electron chi connectivity index (χ3n) is 10.7. The number of hydrogen-bond acceptors (Lipinski definition) is 6. The SMILES string of the molecule is CCCCCCCCCCCCCCCCCCCCCCCCCCCCOCC(COP(=O)(O)OCC[N+](C)(C)C)OC(=O)CCCCCCCCC. The average Bonchev–Trinajstić information content (AvgIpc) is 3.13. The van der Waals surface area contributed by atoms with Gasteiger partial charge >= 0.3 is 13.8 Å². The predicted octanol–water partition coefficient (Wildman–Crippen LogP) is 14.1. The molecule has 55 heavy (non-hydrogen) atoms. The summed E-state index contributed by atoms with van der Waals surface area (Å²) in [6.07, 6.45) is 43.2. The summed E-state index contributed by atoms with van der Waals surface area (Å²) in [4.78, 5) is 22.7. The number of nitrogens with zero attached hydrogens (tertiary/aromatic N) is 1. The predicted molar refractivity (Wildman–Crippen MR) is 234 cm³/mol. The first kappa shape index (κ1) is 54.5. The molecule has 0 aliphatic rings. The molecule has 1 N–H and O–H groups in total. The molecule has 0 radical (unpaired) electrons. The van der Waals surface area contributed by atoms with Crippen molar-refractivity contribution >= 4 is 13.8 Å². The molecule has 0 spiro atoms. The monoisotopic (exact) mass is 805 g/mol. The number of carbonyl (C=O) groups excluding carboxylic acids is 1. The quantitative estimate of drug-likeness (QED) is 0.0284. The van der Waals surface area contributed by atoms with Gasteiger partial charge in [-0.2, -0.15) is 0 Å². The maximum absolute atomic E-state index is 12.6. The molecule has 0 fully saturated rings. The van der Waals surface area contributed by atoms with Gasteiger partial charge in [-0.1, -0.05) is 213 Å². The van der Waals surface area contributed by atoms with Crippen LogP contribution >= 0.6 is 7.82 Å². The van der Waals surface area contributed by atoms with Crippen molar-refractivity contribution in [2.75, 3.05) is 54.1 Å². The standard InChI is InChI=1S/C46H94NO7P/c1-6-8-10-12-14-15-16-17-18-19-20-21-22-23-24-25-26-27-28-29-30-31-32-34-36-38-41-51-43-45(44-53-55(49,50)52-42-40-47(3,4)5)54-46(48)39-37-35-33-13-11-9-7-2/h45H,6-44H2,1-5H3/p+1. The van der Waals surface area contributed by atoms with Gasteiger partial charge in [-0.15, -0.1) is 0 Å². The number of unbranched alkanes of at least 4 members (excludes halogenated alkanes) is 31. The van der Waals surface area contributed by atoms with E-state index in [2.05, 4.69) is 13.8 Å². The van der Waals surface area contributed by atoms with Crippen LogP contribution in [0, 0.1) is 0 Å². The largest absolute Gasteiger partial charge is 0.472 e. The van der Waals surface area contributed by atoms with E-state index < -0.39 is 13.9 Å². The fourth-order valence-corrected chi connectivity index (χ4v) is 7.71. The van der Waals surface area contributed by atoms with Crippen LogP contribution in [0.25, 0.3) is 0 Å². The molecule has 8 nitrogen and oxygen atoms in total. The van der Waals surface area contributed by atoms with Crippen LogP contribution in [0.15, 0.2) is 0 Å². The molecule has 0 amide bonds. The van der Waals surface area contributed by atoms with Crippen LogP contribution in [-0.4, -0.2) is 75.6 Å². The number of ether oxygens (including phenoxy) is 2. The smallest absolute Gasteiger partial charge is 0.457 e. The minimum absolute atomic E-state index is 0.0934. The average molecular weight is 805 g/mol. The number of rotatable bonds is 45. The van der Waals surface area contributed by atoms with Crippen molar-refractivity contribution in [1.82, 2.24) is 0 Å². The van der Waals surface area contributed by atoms with Crippen molar-refractivity contribution in [3.63, 3.8) is 0 Å². The van der Waals surface area contributed by atoms with Crippen LogP contribution in [0.1, 0.15) is 232 Å². The molecule has 0 saturated carbocycles. The van der Waals surface area contributed by atoms with Gasteiger partial charge in [-0.05, 0) is 12.8 Å². The van der Waals surface area contributed by atoms with Crippen molar-refractivity contribution < 1.29 is 37.3 Å². The third kappa shape index (κ3) is 44.4. The fraction of sp³-hybridized carbons (Fsp3) is 0.978. The summed E-state index contributed by atoms with van der Waals surface area (Å²) < 4.78 is 34.9. The van der Waals surface area contributed by atoms with Crippen LogP contribution in [0.4, 0.5) is 0 Å². The minimum atomic E-state index is -4.26. The summed E-state index contributed by atoms with van der Waals surface area (Å²) in [5, 5.41) is 0. The molecule has 0 aliphatic carbocycles. The van der Waals surface area contributed by atoms with E-state index in [1.807, 2.05) is 21.1 Å². The van der Waals surface area contributed by atoms with E-state index in [9.17, 15) is 14.3 Å². The number of likely N-dealkylation sites (N-methyl/N-ethyl adjacent to an activating group) is 1. The topological polar surface area (TPSA) is 91.3 Å². The molecular weight excluding hydrogens is 709 g/mol. The maximum Gasteiger partial charge on any atom is 0.472 e. The van der Waals surface area contributed by atoms with E-state index in [1.54, 1.807) is 0 Å². The number of esters is 1. The van der Waals surface area contributed by atoms with E-state index in [1.165, 1.54) is 180 Å². The zero-order chi connectivity index (χ0) is 40.6. The highest BCUT2D eigenvalue weighted by Gasteiger charge is 2.26. The zero-order valence-corrected chi connectivity index (χ0v) is 38.3. The van der Waals surface area contributed by atoms with Crippen LogP contribution in [0.3, 0.4) is 0 Å². The second-order valence-electron chi connectivity index (χ2n) is 17.5. The Hall–Kier alpha value is -0.500. The number of quaternary nitrogens is 1. The van der Waals surface area contributed by atoms with Crippen molar-refractivity contribution in [3.05, 3.63) is 0 Å².